The third kappa shape index (κ3) is 4.72. The Bertz CT molecular complexity index is 832. The van der Waals surface area contributed by atoms with E-state index in [1.807, 2.05) is 0 Å². The molecule has 0 saturated carbocycles. The highest BCUT2D eigenvalue weighted by Gasteiger charge is 2.21. The van der Waals surface area contributed by atoms with Gasteiger partial charge < -0.3 is 5.32 Å². The number of nitrogens with zero attached hydrogens (tertiary/aromatic N) is 3. The Balaban J connectivity index is 1.46. The predicted molar refractivity (Wildman–Crippen MR) is 91.3 cm³/mol. The Morgan fingerprint density at radius 1 is 1.23 bits per heavy atom. The molecule has 6 nitrogen and oxygen atoms in total. The van der Waals surface area contributed by atoms with Gasteiger partial charge in [-0.3, -0.25) is 14.3 Å². The van der Waals surface area contributed by atoms with Gasteiger partial charge in [-0.1, -0.05) is 6.07 Å². The lowest BCUT2D eigenvalue weighted by Gasteiger charge is -2.32. The second kappa shape index (κ2) is 8.18. The third-order valence-corrected chi connectivity index (χ3v) is 4.44. The van der Waals surface area contributed by atoms with Crippen LogP contribution < -0.4 is 11.0 Å². The summed E-state index contributed by atoms with van der Waals surface area (Å²) in [5.74, 6) is -1.91. The van der Waals surface area contributed by atoms with Gasteiger partial charge in [-0.15, -0.1) is 0 Å². The van der Waals surface area contributed by atoms with Gasteiger partial charge in [-0.05, 0) is 36.6 Å². The summed E-state index contributed by atoms with van der Waals surface area (Å²) in [5, 5.41) is 2.93. The molecule has 2 heterocycles. The maximum atomic E-state index is 13.3. The quantitative estimate of drug-likeness (QED) is 0.871. The first kappa shape index (κ1) is 18.2. The molecule has 1 aliphatic rings. The van der Waals surface area contributed by atoms with Crippen molar-refractivity contribution in [2.24, 2.45) is 0 Å². The van der Waals surface area contributed by atoms with Crippen molar-refractivity contribution in [2.45, 2.75) is 32.0 Å². The number of hydrogen-bond acceptors (Lipinski definition) is 4. The minimum atomic E-state index is -0.845. The van der Waals surface area contributed by atoms with E-state index in [9.17, 15) is 18.4 Å². The fourth-order valence-electron chi connectivity index (χ4n) is 3.07. The number of rotatable bonds is 5. The topological polar surface area (TPSA) is 67.2 Å². The van der Waals surface area contributed by atoms with Gasteiger partial charge >= 0.3 is 5.69 Å². The molecular weight excluding hydrogens is 342 g/mol. The molecule has 1 aliphatic heterocycles. The summed E-state index contributed by atoms with van der Waals surface area (Å²) in [4.78, 5) is 29.4. The van der Waals surface area contributed by atoms with Crippen molar-refractivity contribution in [3.63, 3.8) is 0 Å². The van der Waals surface area contributed by atoms with Crippen molar-refractivity contribution in [3.05, 3.63) is 64.3 Å². The smallest absolute Gasteiger partial charge is 0.347 e. The van der Waals surface area contributed by atoms with Gasteiger partial charge in [0.1, 0.15) is 6.54 Å². The normalized spacial score (nSPS) is 15.8. The van der Waals surface area contributed by atoms with E-state index in [2.05, 4.69) is 15.2 Å². The molecule has 1 aromatic carbocycles. The first-order valence-corrected chi connectivity index (χ1v) is 8.48. The lowest BCUT2D eigenvalue weighted by atomic mass is 10.0. The van der Waals surface area contributed by atoms with Gasteiger partial charge in [0.2, 0.25) is 5.91 Å². The van der Waals surface area contributed by atoms with E-state index in [0.717, 1.165) is 37.6 Å². The Morgan fingerprint density at radius 2 is 2.00 bits per heavy atom. The third-order valence-electron chi connectivity index (χ3n) is 4.44. The molecule has 0 bridgehead atoms. The Labute approximate surface area is 149 Å². The van der Waals surface area contributed by atoms with Crippen molar-refractivity contribution in [1.82, 2.24) is 19.8 Å². The maximum Gasteiger partial charge on any atom is 0.347 e. The van der Waals surface area contributed by atoms with E-state index < -0.39 is 17.3 Å². The fourth-order valence-corrected chi connectivity index (χ4v) is 3.07. The van der Waals surface area contributed by atoms with Crippen LogP contribution in [0.1, 0.15) is 18.4 Å². The van der Waals surface area contributed by atoms with E-state index >= 15 is 0 Å². The van der Waals surface area contributed by atoms with Crippen molar-refractivity contribution < 1.29 is 13.6 Å². The lowest BCUT2D eigenvalue weighted by molar-refractivity contribution is -0.122. The van der Waals surface area contributed by atoms with Crippen LogP contribution in [-0.4, -0.2) is 39.5 Å². The fraction of sp³-hybridized carbons (Fsp3) is 0.389. The van der Waals surface area contributed by atoms with E-state index in [0.29, 0.717) is 6.54 Å². The predicted octanol–water partition coefficient (Wildman–Crippen LogP) is 1.30. The first-order chi connectivity index (χ1) is 12.5. The highest BCUT2D eigenvalue weighted by molar-refractivity contribution is 5.76. The Hall–Kier alpha value is -2.61. The summed E-state index contributed by atoms with van der Waals surface area (Å²) in [7, 11) is 0. The molecule has 1 amide bonds. The number of carbonyl (C=O) groups excluding carboxylic acids is 1. The summed E-state index contributed by atoms with van der Waals surface area (Å²) >= 11 is 0. The molecule has 2 aromatic rings. The van der Waals surface area contributed by atoms with Gasteiger partial charge in [-0.2, -0.15) is 0 Å². The summed E-state index contributed by atoms with van der Waals surface area (Å²) in [6.07, 6.45) is 4.44. The molecule has 0 spiro atoms. The number of halogens is 2. The molecule has 3 rings (SSSR count). The standard InChI is InChI=1S/C18H20F2N4O2/c19-15-3-2-13(10-16(15)20)11-23-8-4-14(5-9-23)22-17(25)12-24-7-1-6-21-18(24)26/h1-3,6-7,10,14H,4-5,8-9,11-12H2,(H,22,25). The molecule has 0 radical (unpaired) electrons. The average molecular weight is 362 g/mol. The summed E-state index contributed by atoms with van der Waals surface area (Å²) < 4.78 is 27.5. The van der Waals surface area contributed by atoms with Crippen LogP contribution in [-0.2, 0) is 17.9 Å². The largest absolute Gasteiger partial charge is 0.352 e. The monoisotopic (exact) mass is 362 g/mol. The van der Waals surface area contributed by atoms with E-state index in [4.69, 9.17) is 0 Å². The molecule has 8 heteroatoms. The van der Waals surface area contributed by atoms with Gasteiger partial charge in [0.15, 0.2) is 11.6 Å². The maximum absolute atomic E-state index is 13.3. The van der Waals surface area contributed by atoms with Crippen LogP contribution >= 0.6 is 0 Å². The second-order valence-corrected chi connectivity index (χ2v) is 6.40. The van der Waals surface area contributed by atoms with Gasteiger partial charge in [-0.25, -0.2) is 18.6 Å². The number of nitrogens with one attached hydrogen (secondary N) is 1. The molecule has 0 aliphatic carbocycles. The van der Waals surface area contributed by atoms with Crippen LogP contribution in [0.25, 0.3) is 0 Å². The Morgan fingerprint density at radius 3 is 2.69 bits per heavy atom. The van der Waals surface area contributed by atoms with Gasteiger partial charge in [0, 0.05) is 38.1 Å². The average Bonchev–Trinajstić information content (AvgIpc) is 2.62. The van der Waals surface area contributed by atoms with Crippen LogP contribution in [0.5, 0.6) is 0 Å². The molecule has 1 saturated heterocycles. The summed E-state index contributed by atoms with van der Waals surface area (Å²) in [6, 6.07) is 5.58. The molecule has 1 fully saturated rings. The molecule has 1 N–H and O–H groups in total. The van der Waals surface area contributed by atoms with Crippen LogP contribution in [0, 0.1) is 11.6 Å². The number of amides is 1. The minimum Gasteiger partial charge on any atom is -0.352 e. The minimum absolute atomic E-state index is 0.0380. The molecule has 0 unspecified atom stereocenters. The van der Waals surface area contributed by atoms with Crippen molar-refractivity contribution in [1.29, 1.82) is 0 Å². The van der Waals surface area contributed by atoms with Crippen molar-refractivity contribution in [3.8, 4) is 0 Å². The van der Waals surface area contributed by atoms with E-state index in [1.165, 1.54) is 23.0 Å². The van der Waals surface area contributed by atoms with E-state index in [1.54, 1.807) is 12.1 Å². The number of likely N-dealkylation sites (tertiary alicyclic amines) is 1. The summed E-state index contributed by atoms with van der Waals surface area (Å²) in [5.41, 5.74) is 0.270. The Kier molecular flexibility index (Phi) is 5.72. The zero-order chi connectivity index (χ0) is 18.5. The SMILES string of the molecule is O=C(Cn1cccnc1=O)NC1CCN(Cc2ccc(F)c(F)c2)CC1. The summed E-state index contributed by atoms with van der Waals surface area (Å²) in [6.45, 7) is 1.98. The highest BCUT2D eigenvalue weighted by Crippen LogP contribution is 2.15. The highest BCUT2D eigenvalue weighted by atomic mass is 19.2. The zero-order valence-corrected chi connectivity index (χ0v) is 14.2. The number of benzene rings is 1. The number of piperidine rings is 1. The molecular formula is C18H20F2N4O2. The van der Waals surface area contributed by atoms with Crippen LogP contribution in [0.3, 0.4) is 0 Å². The van der Waals surface area contributed by atoms with E-state index in [-0.39, 0.29) is 18.5 Å². The molecule has 138 valence electrons. The van der Waals surface area contributed by atoms with Crippen LogP contribution in [0.15, 0.2) is 41.5 Å². The number of hydrogen-bond donors (Lipinski definition) is 1. The molecule has 0 atom stereocenters. The number of aromatic nitrogens is 2. The number of carbonyl (C=O) groups is 1. The van der Waals surface area contributed by atoms with Crippen LogP contribution in [0.4, 0.5) is 8.78 Å². The lowest BCUT2D eigenvalue weighted by Crippen LogP contribution is -2.45. The van der Waals surface area contributed by atoms with Gasteiger partial charge in [0.25, 0.3) is 0 Å². The molecule has 26 heavy (non-hydrogen) atoms. The van der Waals surface area contributed by atoms with Crippen molar-refractivity contribution in [2.75, 3.05) is 13.1 Å². The zero-order valence-electron chi connectivity index (χ0n) is 14.2. The van der Waals surface area contributed by atoms with Crippen molar-refractivity contribution >= 4 is 5.91 Å². The van der Waals surface area contributed by atoms with Crippen LogP contribution in [0.2, 0.25) is 0 Å². The molecule has 1 aromatic heterocycles. The van der Waals surface area contributed by atoms with Gasteiger partial charge in [0.05, 0.1) is 0 Å². The first-order valence-electron chi connectivity index (χ1n) is 8.48. The second-order valence-electron chi connectivity index (χ2n) is 6.40.